The Morgan fingerprint density at radius 3 is 2.21 bits per heavy atom. The van der Waals surface area contributed by atoms with Crippen molar-refractivity contribution in [3.8, 4) is 0 Å². The third-order valence-corrected chi connectivity index (χ3v) is 5.81. The fraction of sp³-hybridized carbons (Fsp3) is 0.481. The summed E-state index contributed by atoms with van der Waals surface area (Å²) in [5, 5.41) is 0. The van der Waals surface area contributed by atoms with Gasteiger partial charge in [-0.3, -0.25) is 0 Å². The fourth-order valence-corrected chi connectivity index (χ4v) is 4.14. The molecule has 4 rings (SSSR count). The van der Waals surface area contributed by atoms with Crippen LogP contribution in [0.15, 0.2) is 73.3 Å². The van der Waals surface area contributed by atoms with Crippen molar-refractivity contribution < 1.29 is 28.4 Å². The standard InChI is InChI=1S/C27H34O6/c1-2-3-10-15-31-27-26(32-19-22-13-8-5-9-14-22)25-24(29-16-17-30-25)23(33-27)20-28-18-21-11-6-4-7-12-21/h2,4-9,11-14,23-27H,1,3,10,15-20H2/t23-,24-,25+,26-,27-/m1/s1. The van der Waals surface area contributed by atoms with Crippen molar-refractivity contribution in [2.75, 3.05) is 26.4 Å². The minimum absolute atomic E-state index is 0.275. The van der Waals surface area contributed by atoms with E-state index in [0.29, 0.717) is 39.6 Å². The largest absolute Gasteiger partial charge is 0.374 e. The summed E-state index contributed by atoms with van der Waals surface area (Å²) >= 11 is 0. The van der Waals surface area contributed by atoms with Crippen LogP contribution >= 0.6 is 0 Å². The fourth-order valence-electron chi connectivity index (χ4n) is 4.14. The van der Waals surface area contributed by atoms with Gasteiger partial charge in [-0.1, -0.05) is 66.7 Å². The summed E-state index contributed by atoms with van der Waals surface area (Å²) in [4.78, 5) is 0. The molecule has 0 aliphatic carbocycles. The lowest BCUT2D eigenvalue weighted by Crippen LogP contribution is -2.63. The van der Waals surface area contributed by atoms with Crippen LogP contribution in [0.4, 0.5) is 0 Å². The lowest BCUT2D eigenvalue weighted by molar-refractivity contribution is -0.340. The molecule has 2 aliphatic heterocycles. The van der Waals surface area contributed by atoms with Gasteiger partial charge in [0, 0.05) is 0 Å². The van der Waals surface area contributed by atoms with Crippen LogP contribution in [-0.4, -0.2) is 57.1 Å². The van der Waals surface area contributed by atoms with Gasteiger partial charge in [0.1, 0.15) is 24.4 Å². The first-order valence-corrected chi connectivity index (χ1v) is 11.7. The van der Waals surface area contributed by atoms with Crippen molar-refractivity contribution in [2.24, 2.45) is 0 Å². The lowest BCUT2D eigenvalue weighted by Gasteiger charge is -2.47. The van der Waals surface area contributed by atoms with Gasteiger partial charge in [0.15, 0.2) is 6.29 Å². The van der Waals surface area contributed by atoms with Crippen LogP contribution in [-0.2, 0) is 41.6 Å². The average Bonchev–Trinajstić information content (AvgIpc) is 2.87. The van der Waals surface area contributed by atoms with E-state index in [2.05, 4.69) is 6.58 Å². The van der Waals surface area contributed by atoms with Crippen LogP contribution in [0.3, 0.4) is 0 Å². The highest BCUT2D eigenvalue weighted by Gasteiger charge is 2.50. The Labute approximate surface area is 196 Å². The molecule has 2 aromatic rings. The van der Waals surface area contributed by atoms with E-state index in [1.54, 1.807) is 0 Å². The third-order valence-electron chi connectivity index (χ3n) is 5.81. The van der Waals surface area contributed by atoms with E-state index in [0.717, 1.165) is 24.0 Å². The molecule has 0 saturated carbocycles. The third kappa shape index (κ3) is 6.96. The molecule has 0 N–H and O–H groups in total. The Morgan fingerprint density at radius 1 is 0.848 bits per heavy atom. The Hall–Kier alpha value is -2.06. The van der Waals surface area contributed by atoms with Gasteiger partial charge in [-0.25, -0.2) is 0 Å². The van der Waals surface area contributed by atoms with E-state index in [1.165, 1.54) is 0 Å². The quantitative estimate of drug-likeness (QED) is 0.353. The Morgan fingerprint density at radius 2 is 1.52 bits per heavy atom. The molecule has 0 aromatic heterocycles. The van der Waals surface area contributed by atoms with Crippen molar-refractivity contribution in [3.63, 3.8) is 0 Å². The van der Waals surface area contributed by atoms with Gasteiger partial charge < -0.3 is 28.4 Å². The summed E-state index contributed by atoms with van der Waals surface area (Å²) < 4.78 is 37.1. The minimum atomic E-state index is -0.563. The van der Waals surface area contributed by atoms with Crippen molar-refractivity contribution in [2.45, 2.75) is 56.8 Å². The molecule has 2 saturated heterocycles. The Kier molecular flexibility index (Phi) is 9.48. The van der Waals surface area contributed by atoms with Crippen molar-refractivity contribution in [3.05, 3.63) is 84.4 Å². The van der Waals surface area contributed by atoms with E-state index in [-0.39, 0.29) is 18.3 Å². The maximum atomic E-state index is 6.37. The van der Waals surface area contributed by atoms with Crippen LogP contribution in [0, 0.1) is 0 Å². The summed E-state index contributed by atoms with van der Waals surface area (Å²) in [6, 6.07) is 20.2. The van der Waals surface area contributed by atoms with E-state index < -0.39 is 12.4 Å². The number of hydrogen-bond acceptors (Lipinski definition) is 6. The molecule has 5 atom stereocenters. The first kappa shape index (κ1) is 24.1. The molecule has 0 spiro atoms. The van der Waals surface area contributed by atoms with Gasteiger partial charge in [0.25, 0.3) is 0 Å². The lowest BCUT2D eigenvalue weighted by atomic mass is 9.97. The smallest absolute Gasteiger partial charge is 0.186 e. The molecule has 178 valence electrons. The molecule has 0 bridgehead atoms. The molecule has 0 amide bonds. The normalized spacial score (nSPS) is 27.1. The molecular weight excluding hydrogens is 420 g/mol. The number of hydrogen-bond donors (Lipinski definition) is 0. The number of rotatable bonds is 12. The summed E-state index contributed by atoms with van der Waals surface area (Å²) in [5.74, 6) is 0. The second-order valence-electron chi connectivity index (χ2n) is 8.28. The molecule has 2 aromatic carbocycles. The number of unbranched alkanes of at least 4 members (excludes halogenated alkanes) is 1. The number of fused-ring (bicyclic) bond motifs is 1. The summed E-state index contributed by atoms with van der Waals surface area (Å²) in [5.41, 5.74) is 2.21. The van der Waals surface area contributed by atoms with E-state index in [4.69, 9.17) is 28.4 Å². The molecule has 33 heavy (non-hydrogen) atoms. The summed E-state index contributed by atoms with van der Waals surface area (Å²) in [7, 11) is 0. The zero-order chi connectivity index (χ0) is 22.7. The second-order valence-corrected chi connectivity index (χ2v) is 8.28. The van der Waals surface area contributed by atoms with Crippen LogP contribution in [0.1, 0.15) is 24.0 Å². The predicted octanol–water partition coefficient (Wildman–Crippen LogP) is 4.28. The number of allylic oxidation sites excluding steroid dienone is 1. The molecule has 2 fully saturated rings. The highest BCUT2D eigenvalue weighted by molar-refractivity contribution is 5.14. The van der Waals surface area contributed by atoms with Gasteiger partial charge in [-0.2, -0.15) is 0 Å². The van der Waals surface area contributed by atoms with Gasteiger partial charge in [-0.05, 0) is 24.0 Å². The van der Waals surface area contributed by atoms with E-state index >= 15 is 0 Å². The van der Waals surface area contributed by atoms with Gasteiger partial charge >= 0.3 is 0 Å². The molecule has 6 heteroatoms. The second kappa shape index (κ2) is 13.0. The first-order valence-electron chi connectivity index (χ1n) is 11.7. The van der Waals surface area contributed by atoms with Crippen molar-refractivity contribution >= 4 is 0 Å². The maximum absolute atomic E-state index is 6.37. The molecule has 0 unspecified atom stereocenters. The monoisotopic (exact) mass is 454 g/mol. The van der Waals surface area contributed by atoms with Crippen LogP contribution in [0.5, 0.6) is 0 Å². The van der Waals surface area contributed by atoms with Gasteiger partial charge in [-0.15, -0.1) is 6.58 Å². The number of benzene rings is 2. The number of ether oxygens (including phenoxy) is 6. The highest BCUT2D eigenvalue weighted by Crippen LogP contribution is 2.32. The zero-order valence-electron chi connectivity index (χ0n) is 19.1. The van der Waals surface area contributed by atoms with E-state index in [1.807, 2.05) is 66.7 Å². The summed E-state index contributed by atoms with van der Waals surface area (Å²) in [6.45, 7) is 6.73. The van der Waals surface area contributed by atoms with Crippen LogP contribution < -0.4 is 0 Å². The molecule has 2 aliphatic rings. The van der Waals surface area contributed by atoms with Crippen LogP contribution in [0.25, 0.3) is 0 Å². The SMILES string of the molecule is C=CCCCO[C@@H]1O[C@H](COCc2ccccc2)[C@H]2OCCO[C@@H]2[C@H]1OCc1ccccc1. The topological polar surface area (TPSA) is 55.4 Å². The predicted molar refractivity (Wildman–Crippen MR) is 125 cm³/mol. The molecule has 0 radical (unpaired) electrons. The zero-order valence-corrected chi connectivity index (χ0v) is 19.1. The maximum Gasteiger partial charge on any atom is 0.186 e. The molecule has 2 heterocycles. The Balaban J connectivity index is 1.42. The van der Waals surface area contributed by atoms with Crippen molar-refractivity contribution in [1.82, 2.24) is 0 Å². The van der Waals surface area contributed by atoms with Gasteiger partial charge in [0.05, 0.1) is 39.6 Å². The highest BCUT2D eigenvalue weighted by atomic mass is 16.7. The Bertz CT molecular complexity index is 814. The van der Waals surface area contributed by atoms with Crippen molar-refractivity contribution in [1.29, 1.82) is 0 Å². The van der Waals surface area contributed by atoms with Crippen LogP contribution in [0.2, 0.25) is 0 Å². The van der Waals surface area contributed by atoms with E-state index in [9.17, 15) is 0 Å². The summed E-state index contributed by atoms with van der Waals surface area (Å²) in [6.07, 6.45) is 1.82. The molecule has 6 nitrogen and oxygen atoms in total. The average molecular weight is 455 g/mol. The molecular formula is C27H34O6. The van der Waals surface area contributed by atoms with Gasteiger partial charge in [0.2, 0.25) is 0 Å². The minimum Gasteiger partial charge on any atom is -0.374 e. The first-order chi connectivity index (χ1) is 16.3.